The van der Waals surface area contributed by atoms with Gasteiger partial charge in [0.15, 0.2) is 5.54 Å². The van der Waals surface area contributed by atoms with E-state index in [2.05, 4.69) is 5.32 Å². The molecular weight excluding hydrogens is 401 g/mol. The van der Waals surface area contributed by atoms with Crippen LogP contribution in [0.3, 0.4) is 0 Å². The maximum absolute atomic E-state index is 14.1. The second-order valence-corrected chi connectivity index (χ2v) is 8.70. The summed E-state index contributed by atoms with van der Waals surface area (Å²) in [4.78, 5) is 24.1. The van der Waals surface area contributed by atoms with Crippen molar-refractivity contribution in [3.63, 3.8) is 0 Å². The zero-order valence-electron chi connectivity index (χ0n) is 18.0. The number of hydrogen-bond acceptors (Lipinski definition) is 4. The van der Waals surface area contributed by atoms with Crippen LogP contribution in [0.25, 0.3) is 6.08 Å². The van der Waals surface area contributed by atoms with Crippen LogP contribution in [0.1, 0.15) is 47.1 Å². The molecule has 2 amide bonds. The van der Waals surface area contributed by atoms with Gasteiger partial charge in [0.25, 0.3) is 0 Å². The van der Waals surface area contributed by atoms with E-state index in [1.165, 1.54) is 26.8 Å². The first-order valence-electron chi connectivity index (χ1n) is 9.32. The molecule has 168 valence electrons. The first-order chi connectivity index (χ1) is 13.5. The Morgan fingerprint density at radius 3 is 1.87 bits per heavy atom. The van der Waals surface area contributed by atoms with Crippen LogP contribution in [-0.2, 0) is 9.47 Å². The summed E-state index contributed by atoms with van der Waals surface area (Å²) < 4.78 is 52.4. The minimum atomic E-state index is -4.95. The van der Waals surface area contributed by atoms with Crippen molar-refractivity contribution in [2.75, 3.05) is 6.54 Å². The number of hydrogen-bond donors (Lipinski definition) is 2. The molecule has 1 aromatic carbocycles. The average Bonchev–Trinajstić information content (AvgIpc) is 2.54. The highest BCUT2D eigenvalue weighted by Crippen LogP contribution is 2.32. The molecule has 0 aliphatic carbocycles. The lowest BCUT2D eigenvalue weighted by Crippen LogP contribution is -2.63. The SMILES string of the molecule is CC(C)(C)OC(=O)NC[C@](/C=C/c1ccccc1)(NC(=O)OC(C)(C)C)C(F)(F)F. The van der Waals surface area contributed by atoms with Crippen LogP contribution < -0.4 is 10.6 Å². The fourth-order valence-corrected chi connectivity index (χ4v) is 2.22. The third-order valence-electron chi connectivity index (χ3n) is 3.50. The van der Waals surface area contributed by atoms with Gasteiger partial charge < -0.3 is 20.1 Å². The molecule has 0 unspecified atom stereocenters. The molecular formula is C21H29F3N2O4. The molecule has 0 heterocycles. The normalized spacial score (nSPS) is 14.7. The van der Waals surface area contributed by atoms with Gasteiger partial charge in [-0.1, -0.05) is 36.4 Å². The molecule has 0 bridgehead atoms. The average molecular weight is 430 g/mol. The second kappa shape index (κ2) is 9.40. The number of nitrogens with one attached hydrogen (secondary N) is 2. The molecule has 1 atom stereocenters. The van der Waals surface area contributed by atoms with Gasteiger partial charge in [0, 0.05) is 0 Å². The number of ether oxygens (including phenoxy) is 2. The largest absolute Gasteiger partial charge is 0.444 e. The number of rotatable bonds is 5. The lowest BCUT2D eigenvalue weighted by Gasteiger charge is -2.35. The van der Waals surface area contributed by atoms with Crippen LogP contribution >= 0.6 is 0 Å². The number of amides is 2. The van der Waals surface area contributed by atoms with E-state index in [0.717, 1.165) is 6.08 Å². The van der Waals surface area contributed by atoms with E-state index in [1.807, 2.05) is 5.32 Å². The van der Waals surface area contributed by atoms with Gasteiger partial charge >= 0.3 is 18.4 Å². The Bertz CT molecular complexity index is 750. The maximum Gasteiger partial charge on any atom is 0.417 e. The number of carbonyl (C=O) groups excluding carboxylic acids is 2. The Balaban J connectivity index is 3.24. The summed E-state index contributed by atoms with van der Waals surface area (Å²) in [6, 6.07) is 8.25. The van der Waals surface area contributed by atoms with Gasteiger partial charge in [-0.15, -0.1) is 0 Å². The minimum absolute atomic E-state index is 0.481. The van der Waals surface area contributed by atoms with Crippen molar-refractivity contribution in [1.82, 2.24) is 10.6 Å². The lowest BCUT2D eigenvalue weighted by atomic mass is 9.96. The Morgan fingerprint density at radius 1 is 0.900 bits per heavy atom. The quantitative estimate of drug-likeness (QED) is 0.685. The van der Waals surface area contributed by atoms with Crippen molar-refractivity contribution in [3.05, 3.63) is 42.0 Å². The van der Waals surface area contributed by atoms with E-state index in [4.69, 9.17) is 9.47 Å². The Labute approximate surface area is 174 Å². The lowest BCUT2D eigenvalue weighted by molar-refractivity contribution is -0.178. The summed E-state index contributed by atoms with van der Waals surface area (Å²) in [5.41, 5.74) is -4.36. The first kappa shape index (κ1) is 25.3. The fourth-order valence-electron chi connectivity index (χ4n) is 2.22. The predicted octanol–water partition coefficient (Wildman–Crippen LogP) is 5.05. The highest BCUT2D eigenvalue weighted by molar-refractivity contribution is 5.71. The monoisotopic (exact) mass is 430 g/mol. The van der Waals surface area contributed by atoms with Crippen LogP contribution in [0.2, 0.25) is 0 Å². The number of alkyl halides is 3. The molecule has 0 aliphatic heterocycles. The van der Waals surface area contributed by atoms with Gasteiger partial charge in [-0.2, -0.15) is 13.2 Å². The molecule has 0 saturated heterocycles. The zero-order chi connectivity index (χ0) is 23.2. The molecule has 1 aromatic rings. The molecule has 0 aliphatic rings. The van der Waals surface area contributed by atoms with E-state index in [0.29, 0.717) is 5.56 Å². The Kier molecular flexibility index (Phi) is 7.94. The molecule has 0 saturated carbocycles. The van der Waals surface area contributed by atoms with Gasteiger partial charge in [0.1, 0.15) is 11.2 Å². The van der Waals surface area contributed by atoms with E-state index in [1.54, 1.807) is 51.1 Å². The van der Waals surface area contributed by atoms with Crippen LogP contribution in [0.5, 0.6) is 0 Å². The van der Waals surface area contributed by atoms with E-state index in [9.17, 15) is 22.8 Å². The van der Waals surface area contributed by atoms with Crippen molar-refractivity contribution in [2.45, 2.75) is 64.5 Å². The summed E-state index contributed by atoms with van der Waals surface area (Å²) in [5, 5.41) is 3.96. The van der Waals surface area contributed by atoms with Crippen LogP contribution in [-0.4, -0.2) is 41.6 Å². The van der Waals surface area contributed by atoms with Gasteiger partial charge in [-0.3, -0.25) is 0 Å². The number of carbonyl (C=O) groups is 2. The summed E-state index contributed by atoms with van der Waals surface area (Å²) in [5.74, 6) is 0. The zero-order valence-corrected chi connectivity index (χ0v) is 18.0. The van der Waals surface area contributed by atoms with Crippen LogP contribution in [0, 0.1) is 0 Å². The van der Waals surface area contributed by atoms with Crippen molar-refractivity contribution >= 4 is 18.3 Å². The Hall–Kier alpha value is -2.71. The van der Waals surface area contributed by atoms with Crippen molar-refractivity contribution in [1.29, 1.82) is 0 Å². The molecule has 0 spiro atoms. The van der Waals surface area contributed by atoms with Crippen molar-refractivity contribution in [3.8, 4) is 0 Å². The maximum atomic E-state index is 14.1. The van der Waals surface area contributed by atoms with Gasteiger partial charge in [0.2, 0.25) is 0 Å². The number of halogens is 3. The third kappa shape index (κ3) is 8.75. The number of alkyl carbamates (subject to hydrolysis) is 2. The molecule has 30 heavy (non-hydrogen) atoms. The van der Waals surface area contributed by atoms with Crippen LogP contribution in [0.15, 0.2) is 36.4 Å². The van der Waals surface area contributed by atoms with Crippen molar-refractivity contribution < 1.29 is 32.2 Å². The first-order valence-corrected chi connectivity index (χ1v) is 9.32. The Morgan fingerprint density at radius 2 is 1.40 bits per heavy atom. The van der Waals surface area contributed by atoms with Gasteiger partial charge in [-0.05, 0) is 53.2 Å². The van der Waals surface area contributed by atoms with Gasteiger partial charge in [-0.25, -0.2) is 9.59 Å². The second-order valence-electron chi connectivity index (χ2n) is 8.70. The highest BCUT2D eigenvalue weighted by Gasteiger charge is 2.55. The smallest absolute Gasteiger partial charge is 0.417 e. The minimum Gasteiger partial charge on any atom is -0.444 e. The highest BCUT2D eigenvalue weighted by atomic mass is 19.4. The summed E-state index contributed by atoms with van der Waals surface area (Å²) in [6.07, 6.45) is -5.28. The van der Waals surface area contributed by atoms with E-state index in [-0.39, 0.29) is 0 Å². The van der Waals surface area contributed by atoms with Crippen LogP contribution in [0.4, 0.5) is 22.8 Å². The van der Waals surface area contributed by atoms with Gasteiger partial charge in [0.05, 0.1) is 6.54 Å². The van der Waals surface area contributed by atoms with E-state index < -0.39 is 41.6 Å². The van der Waals surface area contributed by atoms with Crippen molar-refractivity contribution in [2.24, 2.45) is 0 Å². The molecule has 1 rings (SSSR count). The third-order valence-corrected chi connectivity index (χ3v) is 3.50. The standard InChI is InChI=1S/C21H29F3N2O4/c1-18(2,3)29-16(27)25-14-20(21(22,23)24,26-17(28)30-19(4,5)6)13-12-15-10-8-7-9-11-15/h7-13H,14H2,1-6H3,(H,25,27)(H,26,28)/b13-12+/t20-/m0/s1. The summed E-state index contributed by atoms with van der Waals surface area (Å²) in [6.45, 7) is 8.34. The topological polar surface area (TPSA) is 76.7 Å². The van der Waals surface area contributed by atoms with E-state index >= 15 is 0 Å². The summed E-state index contributed by atoms with van der Waals surface area (Å²) in [7, 11) is 0. The molecule has 0 radical (unpaired) electrons. The molecule has 9 heteroatoms. The summed E-state index contributed by atoms with van der Waals surface area (Å²) >= 11 is 0. The molecule has 6 nitrogen and oxygen atoms in total. The predicted molar refractivity (Wildman–Crippen MR) is 108 cm³/mol. The molecule has 2 N–H and O–H groups in total. The molecule has 0 aromatic heterocycles. The fraction of sp³-hybridized carbons (Fsp3) is 0.524. The number of benzene rings is 1. The molecule has 0 fully saturated rings.